The standard InChI is InChI=1S/C35H36FN7O7/c1-22(42(28-13-12-25(49-2)20-29(28)50-3)35(48)37-24-10-8-23(36)9-11-24)33-38-27-7-5-4-6-26(27)34(47)43(33)40-18-16-39(17-19-40)32(46)21-41-30(44)14-15-31(41)45/h4-15,20,22,44-45H,16-19,21H2,1-3H3,(H,37,48). The van der Waals surface area contributed by atoms with E-state index in [0.717, 1.165) is 4.57 Å². The van der Waals surface area contributed by atoms with Gasteiger partial charge in [-0.3, -0.25) is 19.1 Å². The molecule has 1 atom stereocenters. The fraction of sp³-hybridized carbons (Fsp3) is 0.257. The smallest absolute Gasteiger partial charge is 0.327 e. The third kappa shape index (κ3) is 6.57. The second-order valence-electron chi connectivity index (χ2n) is 11.6. The second kappa shape index (κ2) is 14.1. The van der Waals surface area contributed by atoms with E-state index in [-0.39, 0.29) is 61.8 Å². The van der Waals surface area contributed by atoms with Crippen LogP contribution in [-0.2, 0) is 11.3 Å². The molecule has 1 unspecified atom stereocenters. The number of rotatable bonds is 9. The SMILES string of the molecule is COc1ccc(N(C(=O)Nc2ccc(F)cc2)C(C)c2nc3ccccc3c(=O)n2N2CCN(C(=O)Cn3c(O)ccc3O)CC2)c(OC)c1. The first-order chi connectivity index (χ1) is 24.1. The van der Waals surface area contributed by atoms with Gasteiger partial charge < -0.3 is 34.9 Å². The molecule has 2 aromatic heterocycles. The van der Waals surface area contributed by atoms with Crippen LogP contribution in [0.3, 0.4) is 0 Å². The number of fused-ring (bicyclic) bond motifs is 1. The summed E-state index contributed by atoms with van der Waals surface area (Å²) in [6, 6.07) is 18.3. The maximum Gasteiger partial charge on any atom is 0.327 e. The van der Waals surface area contributed by atoms with Gasteiger partial charge in [0.05, 0.1) is 49.9 Å². The van der Waals surface area contributed by atoms with Gasteiger partial charge in [-0.1, -0.05) is 12.1 Å². The number of para-hydroxylation sites is 1. The molecule has 1 saturated heterocycles. The van der Waals surface area contributed by atoms with Crippen molar-refractivity contribution < 1.29 is 33.7 Å². The number of halogens is 1. The molecule has 0 radical (unpaired) electrons. The number of aromatic nitrogens is 3. The van der Waals surface area contributed by atoms with Crippen LogP contribution in [0, 0.1) is 5.82 Å². The van der Waals surface area contributed by atoms with E-state index in [9.17, 15) is 29.0 Å². The number of anilines is 2. The van der Waals surface area contributed by atoms with Crippen molar-refractivity contribution in [2.24, 2.45) is 0 Å². The minimum Gasteiger partial charge on any atom is -0.497 e. The van der Waals surface area contributed by atoms with E-state index in [1.807, 2.05) is 0 Å². The molecule has 14 nitrogen and oxygen atoms in total. The van der Waals surface area contributed by atoms with Gasteiger partial charge in [-0.2, -0.15) is 0 Å². The van der Waals surface area contributed by atoms with Crippen LogP contribution < -0.4 is 30.3 Å². The number of piperazine rings is 1. The number of hydrogen-bond donors (Lipinski definition) is 3. The quantitative estimate of drug-likeness (QED) is 0.209. The summed E-state index contributed by atoms with van der Waals surface area (Å²) in [5.74, 6) is -0.203. The number of hydrogen-bond acceptors (Lipinski definition) is 9. The number of methoxy groups -OCH3 is 2. The van der Waals surface area contributed by atoms with Gasteiger partial charge in [-0.05, 0) is 55.5 Å². The van der Waals surface area contributed by atoms with Crippen molar-refractivity contribution in [3.05, 3.63) is 101 Å². The Balaban J connectivity index is 1.39. The maximum absolute atomic E-state index is 14.3. The van der Waals surface area contributed by atoms with Crippen LogP contribution in [-0.4, -0.2) is 81.7 Å². The van der Waals surface area contributed by atoms with E-state index >= 15 is 0 Å². The molecule has 0 bridgehead atoms. The predicted molar refractivity (Wildman–Crippen MR) is 184 cm³/mol. The number of nitrogens with zero attached hydrogens (tertiary/aromatic N) is 6. The van der Waals surface area contributed by atoms with Gasteiger partial charge in [0, 0.05) is 37.0 Å². The van der Waals surface area contributed by atoms with Crippen LogP contribution in [0.25, 0.3) is 10.9 Å². The molecule has 0 saturated carbocycles. The predicted octanol–water partition coefficient (Wildman–Crippen LogP) is 4.05. The van der Waals surface area contributed by atoms with Crippen LogP contribution >= 0.6 is 0 Å². The summed E-state index contributed by atoms with van der Waals surface area (Å²) >= 11 is 0. The topological polar surface area (TPSA) is 155 Å². The summed E-state index contributed by atoms with van der Waals surface area (Å²) in [4.78, 5) is 49.5. The molecule has 0 spiro atoms. The highest BCUT2D eigenvalue weighted by atomic mass is 19.1. The fourth-order valence-corrected chi connectivity index (χ4v) is 5.98. The summed E-state index contributed by atoms with van der Waals surface area (Å²) in [7, 11) is 2.97. The number of benzene rings is 3. The zero-order chi connectivity index (χ0) is 35.5. The van der Waals surface area contributed by atoms with Crippen LogP contribution in [0.5, 0.6) is 23.3 Å². The average Bonchev–Trinajstić information content (AvgIpc) is 3.44. The van der Waals surface area contributed by atoms with E-state index < -0.39 is 17.9 Å². The van der Waals surface area contributed by atoms with E-state index in [2.05, 4.69) is 5.32 Å². The summed E-state index contributed by atoms with van der Waals surface area (Å²) in [6.07, 6.45) is 0. The Hall–Kier alpha value is -6.25. The van der Waals surface area contributed by atoms with Crippen molar-refractivity contribution in [1.82, 2.24) is 19.1 Å². The highest BCUT2D eigenvalue weighted by molar-refractivity contribution is 6.03. The highest BCUT2D eigenvalue weighted by Gasteiger charge is 2.33. The van der Waals surface area contributed by atoms with Crippen molar-refractivity contribution in [2.75, 3.05) is 55.6 Å². The first-order valence-electron chi connectivity index (χ1n) is 15.8. The third-order valence-electron chi connectivity index (χ3n) is 8.62. The van der Waals surface area contributed by atoms with Gasteiger partial charge >= 0.3 is 6.03 Å². The van der Waals surface area contributed by atoms with Crippen molar-refractivity contribution in [3.63, 3.8) is 0 Å². The monoisotopic (exact) mass is 685 g/mol. The average molecular weight is 686 g/mol. The summed E-state index contributed by atoms with van der Waals surface area (Å²) in [5.41, 5.74) is 0.755. The lowest BCUT2D eigenvalue weighted by Crippen LogP contribution is -2.57. The van der Waals surface area contributed by atoms with Gasteiger partial charge in [0.15, 0.2) is 17.6 Å². The highest BCUT2D eigenvalue weighted by Crippen LogP contribution is 2.37. The minimum absolute atomic E-state index is 0.232. The Bertz CT molecular complexity index is 2070. The maximum atomic E-state index is 14.3. The van der Waals surface area contributed by atoms with E-state index in [1.165, 1.54) is 60.2 Å². The molecule has 3 amide bonds. The molecule has 50 heavy (non-hydrogen) atoms. The van der Waals surface area contributed by atoms with Crippen molar-refractivity contribution in [2.45, 2.75) is 19.5 Å². The molecule has 3 N–H and O–H groups in total. The van der Waals surface area contributed by atoms with Gasteiger partial charge in [0.25, 0.3) is 5.56 Å². The molecule has 1 aliphatic rings. The zero-order valence-electron chi connectivity index (χ0n) is 27.6. The fourth-order valence-electron chi connectivity index (χ4n) is 5.98. The van der Waals surface area contributed by atoms with Crippen molar-refractivity contribution in [1.29, 1.82) is 0 Å². The molecule has 1 aliphatic heterocycles. The number of carbonyl (C=O) groups excluding carboxylic acids is 2. The molecular weight excluding hydrogens is 649 g/mol. The largest absolute Gasteiger partial charge is 0.497 e. The Morgan fingerprint density at radius 1 is 0.940 bits per heavy atom. The molecule has 5 aromatic rings. The number of amides is 3. The zero-order valence-corrected chi connectivity index (χ0v) is 27.6. The molecule has 1 fully saturated rings. The third-order valence-corrected chi connectivity index (χ3v) is 8.62. The van der Waals surface area contributed by atoms with Gasteiger partial charge in [0.1, 0.15) is 23.9 Å². The van der Waals surface area contributed by atoms with Crippen LogP contribution in [0.15, 0.2) is 83.7 Å². The molecule has 3 aromatic carbocycles. The number of ether oxygens (including phenoxy) is 2. The molecule has 260 valence electrons. The Morgan fingerprint density at radius 2 is 1.62 bits per heavy atom. The van der Waals surface area contributed by atoms with Gasteiger partial charge in [-0.15, -0.1) is 0 Å². The molecule has 6 rings (SSSR count). The van der Waals surface area contributed by atoms with Crippen molar-refractivity contribution in [3.8, 4) is 23.3 Å². The Kier molecular flexibility index (Phi) is 9.47. The van der Waals surface area contributed by atoms with Crippen LogP contribution in [0.1, 0.15) is 18.8 Å². The lowest BCUT2D eigenvalue weighted by molar-refractivity contribution is -0.132. The van der Waals surface area contributed by atoms with Gasteiger partial charge in [-0.25, -0.2) is 18.8 Å². The number of nitrogens with one attached hydrogen (secondary N) is 1. The van der Waals surface area contributed by atoms with E-state index in [0.29, 0.717) is 33.8 Å². The second-order valence-corrected chi connectivity index (χ2v) is 11.6. The van der Waals surface area contributed by atoms with Crippen molar-refractivity contribution >= 4 is 34.2 Å². The van der Waals surface area contributed by atoms with Crippen LogP contribution in [0.2, 0.25) is 0 Å². The molecule has 15 heteroatoms. The number of carbonyl (C=O) groups is 2. The lowest BCUT2D eigenvalue weighted by atomic mass is 10.1. The summed E-state index contributed by atoms with van der Waals surface area (Å²) in [5, 5.41) is 25.0. The Morgan fingerprint density at radius 3 is 2.28 bits per heavy atom. The first kappa shape index (κ1) is 33.6. The summed E-state index contributed by atoms with van der Waals surface area (Å²) in [6.45, 7) is 2.42. The van der Waals surface area contributed by atoms with E-state index in [1.54, 1.807) is 59.3 Å². The summed E-state index contributed by atoms with van der Waals surface area (Å²) < 4.78 is 27.3. The minimum atomic E-state index is -0.894. The normalized spacial score (nSPS) is 13.6. The van der Waals surface area contributed by atoms with Gasteiger partial charge in [0.2, 0.25) is 5.91 Å². The van der Waals surface area contributed by atoms with Crippen LogP contribution in [0.4, 0.5) is 20.6 Å². The van der Waals surface area contributed by atoms with E-state index in [4.69, 9.17) is 14.5 Å². The Labute approximate surface area is 286 Å². The molecule has 3 heterocycles. The number of urea groups is 1. The molecular formula is C35H36FN7O7. The first-order valence-corrected chi connectivity index (χ1v) is 15.8. The lowest BCUT2D eigenvalue weighted by Gasteiger charge is -2.39. The molecule has 0 aliphatic carbocycles. The number of aromatic hydroxyl groups is 2.